The van der Waals surface area contributed by atoms with E-state index in [9.17, 15) is 0 Å². The van der Waals surface area contributed by atoms with Crippen LogP contribution >= 0.6 is 0 Å². The number of benzene rings is 1. The molecule has 4 rings (SSSR count). The summed E-state index contributed by atoms with van der Waals surface area (Å²) in [5.74, 6) is 2.09. The zero-order valence-corrected chi connectivity index (χ0v) is 15.8. The van der Waals surface area contributed by atoms with E-state index >= 15 is 0 Å². The first-order valence-electron chi connectivity index (χ1n) is 9.24. The van der Waals surface area contributed by atoms with Gasteiger partial charge < -0.3 is 0 Å². The molecule has 0 aromatic heterocycles. The Kier molecular flexibility index (Phi) is 4.48. The fraction of sp³-hybridized carbons (Fsp3) is 0.500. The van der Waals surface area contributed by atoms with Crippen LogP contribution in [0.3, 0.4) is 0 Å². The normalized spacial score (nSPS) is 33.6. The number of nitrogens with zero attached hydrogens (tertiary/aromatic N) is 1. The smallest absolute Gasteiger partial charge is 0.129 e. The predicted molar refractivity (Wildman–Crippen MR) is 103 cm³/mol. The average Bonchev–Trinajstić information content (AvgIpc) is 3.03. The summed E-state index contributed by atoms with van der Waals surface area (Å²) < 4.78 is 2.71. The minimum absolute atomic E-state index is 0.678. The number of hydrogen-bond acceptors (Lipinski definition) is 3. The van der Waals surface area contributed by atoms with Crippen LogP contribution in [0.25, 0.3) is 0 Å². The van der Waals surface area contributed by atoms with Crippen LogP contribution in [0.2, 0.25) is 18.6 Å². The first kappa shape index (κ1) is 16.3. The summed E-state index contributed by atoms with van der Waals surface area (Å²) in [6, 6.07) is 11.2. The van der Waals surface area contributed by atoms with Crippen LogP contribution in [0.15, 0.2) is 54.6 Å². The fourth-order valence-corrected chi connectivity index (χ4v) is 9.23. The Hall–Kier alpha value is -1.20. The van der Waals surface area contributed by atoms with Gasteiger partial charge in [0.05, 0.1) is 0 Å². The second-order valence-corrected chi connectivity index (χ2v) is 12.6. The van der Waals surface area contributed by atoms with Crippen molar-refractivity contribution in [3.8, 4) is 0 Å². The number of fused-ring (bicyclic) bond motifs is 1. The van der Waals surface area contributed by atoms with Crippen LogP contribution in [0.1, 0.15) is 17.9 Å². The summed E-state index contributed by atoms with van der Waals surface area (Å²) >= 11 is 0. The van der Waals surface area contributed by atoms with Crippen molar-refractivity contribution in [3.05, 3.63) is 60.2 Å². The van der Waals surface area contributed by atoms with E-state index in [4.69, 9.17) is 0 Å². The first-order chi connectivity index (χ1) is 11.7. The van der Waals surface area contributed by atoms with Gasteiger partial charge in [0.15, 0.2) is 0 Å². The van der Waals surface area contributed by atoms with Crippen LogP contribution in [0, 0.1) is 11.8 Å². The Labute approximate surface area is 146 Å². The molecule has 0 spiro atoms. The van der Waals surface area contributed by atoms with Gasteiger partial charge in [-0.15, -0.1) is 0 Å². The van der Waals surface area contributed by atoms with Gasteiger partial charge >= 0.3 is 0 Å². The standard InChI is InChI=1S/C20H29N3Si/c1-24(2,23-14-21-13-22-15-23)20-18-11-7-6-10-17(18)12-19(20)16-8-4-3-5-9-16/h3-11,17-22H,12-15H2,1-2H3. The second-order valence-electron chi connectivity index (χ2n) is 7.98. The van der Waals surface area contributed by atoms with Crippen molar-refractivity contribution in [2.75, 3.05) is 20.0 Å². The van der Waals surface area contributed by atoms with Gasteiger partial charge in [0.25, 0.3) is 0 Å². The lowest BCUT2D eigenvalue weighted by Gasteiger charge is -2.47. The summed E-state index contributed by atoms with van der Waals surface area (Å²) in [6.07, 6.45) is 10.8. The fourth-order valence-electron chi connectivity index (χ4n) is 5.15. The molecule has 1 aromatic rings. The van der Waals surface area contributed by atoms with Gasteiger partial charge in [-0.1, -0.05) is 67.7 Å². The molecule has 0 radical (unpaired) electrons. The van der Waals surface area contributed by atoms with E-state index in [1.54, 1.807) is 0 Å². The molecule has 1 saturated carbocycles. The van der Waals surface area contributed by atoms with Crippen molar-refractivity contribution in [1.29, 1.82) is 0 Å². The van der Waals surface area contributed by atoms with E-state index in [0.717, 1.165) is 25.5 Å². The van der Waals surface area contributed by atoms with E-state index in [1.807, 2.05) is 0 Å². The number of nitrogens with one attached hydrogen (secondary N) is 2. The summed E-state index contributed by atoms with van der Waals surface area (Å²) in [7, 11) is -1.60. The Bertz CT molecular complexity index is 619. The summed E-state index contributed by atoms with van der Waals surface area (Å²) in [6.45, 7) is 8.15. The highest BCUT2D eigenvalue weighted by Gasteiger charge is 2.52. The van der Waals surface area contributed by atoms with Gasteiger partial charge in [-0.05, 0) is 35.3 Å². The molecule has 24 heavy (non-hydrogen) atoms. The van der Waals surface area contributed by atoms with Gasteiger partial charge in [-0.25, -0.2) is 0 Å². The molecule has 128 valence electrons. The van der Waals surface area contributed by atoms with Crippen molar-refractivity contribution in [1.82, 2.24) is 15.2 Å². The molecule has 4 heteroatoms. The minimum Gasteiger partial charge on any atom is -0.299 e. The Balaban J connectivity index is 1.70. The Morgan fingerprint density at radius 1 is 1.00 bits per heavy atom. The van der Waals surface area contributed by atoms with Gasteiger partial charge in [0.1, 0.15) is 8.24 Å². The molecule has 3 nitrogen and oxygen atoms in total. The molecule has 1 saturated heterocycles. The third-order valence-electron chi connectivity index (χ3n) is 6.39. The molecule has 0 amide bonds. The van der Waals surface area contributed by atoms with E-state index < -0.39 is 8.24 Å². The highest BCUT2D eigenvalue weighted by Crippen LogP contribution is 2.57. The van der Waals surface area contributed by atoms with Crippen molar-refractivity contribution < 1.29 is 0 Å². The summed E-state index contributed by atoms with van der Waals surface area (Å²) in [5.41, 5.74) is 2.30. The third kappa shape index (κ3) is 2.82. The number of hydrogen-bond donors (Lipinski definition) is 2. The highest BCUT2D eigenvalue weighted by atomic mass is 28.3. The van der Waals surface area contributed by atoms with Crippen LogP contribution in [0.4, 0.5) is 0 Å². The monoisotopic (exact) mass is 339 g/mol. The van der Waals surface area contributed by atoms with Crippen LogP contribution < -0.4 is 10.6 Å². The van der Waals surface area contributed by atoms with Gasteiger partial charge in [0, 0.05) is 20.0 Å². The molecular weight excluding hydrogens is 310 g/mol. The van der Waals surface area contributed by atoms with Crippen LogP contribution in [0.5, 0.6) is 0 Å². The molecular formula is C20H29N3Si. The molecule has 2 aliphatic carbocycles. The summed E-state index contributed by atoms with van der Waals surface area (Å²) in [5, 5.41) is 7.02. The van der Waals surface area contributed by atoms with Crippen molar-refractivity contribution in [2.24, 2.45) is 11.8 Å². The van der Waals surface area contributed by atoms with Gasteiger partial charge in [-0.3, -0.25) is 15.2 Å². The maximum Gasteiger partial charge on any atom is 0.129 e. The first-order valence-corrected chi connectivity index (χ1v) is 12.3. The van der Waals surface area contributed by atoms with E-state index in [0.29, 0.717) is 17.8 Å². The molecule has 2 N–H and O–H groups in total. The van der Waals surface area contributed by atoms with Crippen molar-refractivity contribution >= 4 is 8.24 Å². The SMILES string of the molecule is C[Si](C)(C1C(c2ccccc2)CC2C=CC=CC21)N1CNCNC1. The lowest BCUT2D eigenvalue weighted by Crippen LogP contribution is -2.63. The van der Waals surface area contributed by atoms with Gasteiger partial charge in [-0.2, -0.15) is 0 Å². The maximum atomic E-state index is 3.51. The van der Waals surface area contributed by atoms with E-state index in [-0.39, 0.29) is 0 Å². The van der Waals surface area contributed by atoms with E-state index in [2.05, 4.69) is 82.9 Å². The highest BCUT2D eigenvalue weighted by molar-refractivity contribution is 6.76. The minimum atomic E-state index is -1.60. The Morgan fingerprint density at radius 2 is 1.71 bits per heavy atom. The molecule has 1 aliphatic heterocycles. The molecule has 0 bridgehead atoms. The molecule has 3 aliphatic rings. The third-order valence-corrected chi connectivity index (χ3v) is 10.8. The maximum absolute atomic E-state index is 3.51. The van der Waals surface area contributed by atoms with Crippen LogP contribution in [-0.2, 0) is 0 Å². The van der Waals surface area contributed by atoms with Crippen LogP contribution in [-0.4, -0.2) is 32.8 Å². The molecule has 1 heterocycles. The zero-order valence-electron chi connectivity index (χ0n) is 14.8. The van der Waals surface area contributed by atoms with Crippen molar-refractivity contribution in [2.45, 2.75) is 31.0 Å². The lowest BCUT2D eigenvalue weighted by atomic mass is 9.92. The summed E-state index contributed by atoms with van der Waals surface area (Å²) in [4.78, 5) is 0. The Morgan fingerprint density at radius 3 is 2.46 bits per heavy atom. The van der Waals surface area contributed by atoms with Crippen molar-refractivity contribution in [3.63, 3.8) is 0 Å². The number of rotatable bonds is 3. The van der Waals surface area contributed by atoms with Gasteiger partial charge in [0.2, 0.25) is 0 Å². The topological polar surface area (TPSA) is 27.3 Å². The predicted octanol–water partition coefficient (Wildman–Crippen LogP) is 3.47. The zero-order chi connectivity index (χ0) is 16.6. The second kappa shape index (κ2) is 6.60. The van der Waals surface area contributed by atoms with E-state index in [1.165, 1.54) is 12.0 Å². The number of allylic oxidation sites excluding steroid dienone is 4. The molecule has 1 aromatic carbocycles. The molecule has 4 atom stereocenters. The molecule has 2 fully saturated rings. The molecule has 4 unspecified atom stereocenters. The largest absolute Gasteiger partial charge is 0.299 e. The quantitative estimate of drug-likeness (QED) is 0.826. The average molecular weight is 340 g/mol. The lowest BCUT2D eigenvalue weighted by molar-refractivity contribution is 0.282.